The van der Waals surface area contributed by atoms with E-state index in [9.17, 15) is 9.59 Å². The van der Waals surface area contributed by atoms with Gasteiger partial charge in [0, 0.05) is 11.8 Å². The lowest BCUT2D eigenvalue weighted by Gasteiger charge is -2.53. The fourth-order valence-electron chi connectivity index (χ4n) is 4.85. The van der Waals surface area contributed by atoms with Gasteiger partial charge in [0.2, 0.25) is 25.4 Å². The van der Waals surface area contributed by atoms with Crippen LogP contribution in [-0.4, -0.2) is 47.3 Å². The third kappa shape index (κ3) is 3.06. The van der Waals surface area contributed by atoms with Crippen LogP contribution in [0.4, 0.5) is 5.69 Å². The van der Waals surface area contributed by atoms with Crippen LogP contribution in [0.1, 0.15) is 30.9 Å². The zero-order chi connectivity index (χ0) is 21.7. The Balaban J connectivity index is 1.30. The van der Waals surface area contributed by atoms with Crippen LogP contribution in [0, 0.1) is 0 Å². The van der Waals surface area contributed by atoms with Crippen LogP contribution < -0.4 is 24.3 Å². The van der Waals surface area contributed by atoms with E-state index in [0.717, 1.165) is 17.1 Å². The number of nitrogens with one attached hydrogen (secondary N) is 1. The molecule has 0 radical (unpaired) electrons. The van der Waals surface area contributed by atoms with E-state index in [1.807, 2.05) is 30.0 Å². The Kier molecular flexibility index (Phi) is 4.60. The molecule has 2 fully saturated rings. The Morgan fingerprint density at radius 1 is 0.938 bits per heavy atom. The first-order valence-corrected chi connectivity index (χ1v) is 11.8. The highest BCUT2D eigenvalue weighted by atomic mass is 32.2. The number of carbonyl (C=O) groups is 2. The highest BCUT2D eigenvalue weighted by Gasteiger charge is 2.55. The Morgan fingerprint density at radius 3 is 2.31 bits per heavy atom. The number of hydrogen-bond acceptors (Lipinski definition) is 7. The van der Waals surface area contributed by atoms with E-state index in [2.05, 4.69) is 5.32 Å². The number of nitrogens with zero attached hydrogens (tertiary/aromatic N) is 1. The van der Waals surface area contributed by atoms with Crippen molar-refractivity contribution in [3.63, 3.8) is 0 Å². The van der Waals surface area contributed by atoms with Crippen molar-refractivity contribution < 1.29 is 28.5 Å². The molecule has 2 saturated heterocycles. The molecule has 9 heteroatoms. The smallest absolute Gasteiger partial charge is 0.250 e. The van der Waals surface area contributed by atoms with Crippen molar-refractivity contribution in [2.45, 2.75) is 30.8 Å². The van der Waals surface area contributed by atoms with Crippen LogP contribution >= 0.6 is 11.8 Å². The summed E-state index contributed by atoms with van der Waals surface area (Å²) in [7, 11) is 0. The molecule has 0 aromatic heterocycles. The van der Waals surface area contributed by atoms with Crippen molar-refractivity contribution in [1.29, 1.82) is 0 Å². The van der Waals surface area contributed by atoms with E-state index >= 15 is 0 Å². The molecule has 2 amide bonds. The zero-order valence-electron chi connectivity index (χ0n) is 17.3. The SMILES string of the molecule is O=C1C[C@@H](c2ccc3c(c2)OCO3)N1C1(C(=O)Nc2ccc3c(c2)OCO3)CCSCC1. The first kappa shape index (κ1) is 19.6. The third-order valence-electron chi connectivity index (χ3n) is 6.56. The van der Waals surface area contributed by atoms with Crippen molar-refractivity contribution in [2.75, 3.05) is 30.4 Å². The molecule has 4 heterocycles. The van der Waals surface area contributed by atoms with Gasteiger partial charge < -0.3 is 29.2 Å². The Bertz CT molecular complexity index is 1100. The lowest BCUT2D eigenvalue weighted by atomic mass is 9.80. The van der Waals surface area contributed by atoms with Crippen LogP contribution in [-0.2, 0) is 9.59 Å². The maximum Gasteiger partial charge on any atom is 0.250 e. The summed E-state index contributed by atoms with van der Waals surface area (Å²) in [6.45, 7) is 0.374. The van der Waals surface area contributed by atoms with E-state index in [4.69, 9.17) is 18.9 Å². The molecule has 4 aliphatic heterocycles. The molecule has 2 aromatic carbocycles. The standard InChI is InChI=1S/C23H22N2O6S/c26-21-11-16(14-1-3-17-19(9-14)30-12-28-17)25(21)23(5-7-32-8-6-23)22(27)24-15-2-4-18-20(10-15)31-13-29-18/h1-4,9-10,16H,5-8,11-13H2,(H,24,27)/t16-/m0/s1. The van der Waals surface area contributed by atoms with E-state index in [1.54, 1.807) is 23.1 Å². The number of carbonyl (C=O) groups excluding carboxylic acids is 2. The molecular weight excluding hydrogens is 432 g/mol. The molecule has 4 aliphatic rings. The second-order valence-corrected chi connectivity index (χ2v) is 9.49. The zero-order valence-corrected chi connectivity index (χ0v) is 18.1. The van der Waals surface area contributed by atoms with E-state index in [1.165, 1.54) is 0 Å². The number of fused-ring (bicyclic) bond motifs is 2. The first-order valence-electron chi connectivity index (χ1n) is 10.6. The number of likely N-dealkylation sites (tertiary alicyclic amines) is 1. The van der Waals surface area contributed by atoms with Gasteiger partial charge >= 0.3 is 0 Å². The van der Waals surface area contributed by atoms with Gasteiger partial charge in [-0.15, -0.1) is 0 Å². The summed E-state index contributed by atoms with van der Waals surface area (Å²) in [5.41, 5.74) is 0.699. The van der Waals surface area contributed by atoms with Gasteiger partial charge in [0.15, 0.2) is 23.0 Å². The predicted octanol–water partition coefficient (Wildman–Crippen LogP) is 3.32. The number of amides is 2. The fraction of sp³-hybridized carbons (Fsp3) is 0.391. The molecule has 1 atom stereocenters. The van der Waals surface area contributed by atoms with E-state index in [0.29, 0.717) is 47.9 Å². The largest absolute Gasteiger partial charge is 0.454 e. The van der Waals surface area contributed by atoms with Crippen molar-refractivity contribution in [1.82, 2.24) is 4.90 Å². The lowest BCUT2D eigenvalue weighted by Crippen LogP contribution is -2.66. The summed E-state index contributed by atoms with van der Waals surface area (Å²) in [5.74, 6) is 4.14. The second kappa shape index (κ2) is 7.51. The number of β-lactam (4-membered cyclic amide) rings is 1. The molecule has 0 saturated carbocycles. The molecular formula is C23H22N2O6S. The average Bonchev–Trinajstić information content (AvgIpc) is 3.46. The van der Waals surface area contributed by atoms with E-state index in [-0.39, 0.29) is 31.4 Å². The second-order valence-electron chi connectivity index (χ2n) is 8.26. The van der Waals surface area contributed by atoms with E-state index < -0.39 is 5.54 Å². The van der Waals surface area contributed by atoms with Crippen molar-refractivity contribution >= 4 is 29.3 Å². The fourth-order valence-corrected chi connectivity index (χ4v) is 6.02. The van der Waals surface area contributed by atoms with Gasteiger partial charge in [-0.25, -0.2) is 0 Å². The summed E-state index contributed by atoms with van der Waals surface area (Å²) in [6.07, 6.45) is 1.60. The monoisotopic (exact) mass is 454 g/mol. The van der Waals surface area contributed by atoms with Crippen LogP contribution in [0.5, 0.6) is 23.0 Å². The minimum atomic E-state index is -0.891. The van der Waals surface area contributed by atoms with Gasteiger partial charge in [0.1, 0.15) is 5.54 Å². The molecule has 8 nitrogen and oxygen atoms in total. The molecule has 32 heavy (non-hydrogen) atoms. The molecule has 0 bridgehead atoms. The van der Waals surface area contributed by atoms with Crippen molar-refractivity contribution in [2.24, 2.45) is 0 Å². The Labute approximate surface area is 189 Å². The molecule has 0 unspecified atom stereocenters. The number of anilines is 1. The normalized spacial score (nSPS) is 22.4. The van der Waals surface area contributed by atoms with Gasteiger partial charge in [-0.2, -0.15) is 11.8 Å². The van der Waals surface area contributed by atoms with Gasteiger partial charge in [-0.05, 0) is 54.2 Å². The average molecular weight is 455 g/mol. The maximum atomic E-state index is 13.7. The minimum Gasteiger partial charge on any atom is -0.454 e. The molecule has 0 aliphatic carbocycles. The van der Waals surface area contributed by atoms with Crippen LogP contribution in [0.3, 0.4) is 0 Å². The summed E-state index contributed by atoms with van der Waals surface area (Å²) >= 11 is 1.81. The predicted molar refractivity (Wildman–Crippen MR) is 117 cm³/mol. The Hall–Kier alpha value is -3.07. The molecule has 2 aromatic rings. The Morgan fingerprint density at radius 2 is 1.59 bits per heavy atom. The topological polar surface area (TPSA) is 86.3 Å². The third-order valence-corrected chi connectivity index (χ3v) is 7.55. The summed E-state index contributed by atoms with van der Waals surface area (Å²) in [5, 5.41) is 3.04. The molecule has 166 valence electrons. The summed E-state index contributed by atoms with van der Waals surface area (Å²) in [4.78, 5) is 28.4. The molecule has 6 rings (SSSR count). The highest BCUT2D eigenvalue weighted by molar-refractivity contribution is 7.99. The molecule has 1 N–H and O–H groups in total. The number of rotatable bonds is 4. The highest BCUT2D eigenvalue weighted by Crippen LogP contribution is 2.48. The maximum absolute atomic E-state index is 13.7. The van der Waals surface area contributed by atoms with Gasteiger partial charge in [-0.1, -0.05) is 6.07 Å². The molecule has 0 spiro atoms. The summed E-state index contributed by atoms with van der Waals surface area (Å²) in [6, 6.07) is 10.9. The van der Waals surface area contributed by atoms with Crippen molar-refractivity contribution in [3.05, 3.63) is 42.0 Å². The number of hydrogen-bond donors (Lipinski definition) is 1. The number of thioether (sulfide) groups is 1. The number of benzene rings is 2. The van der Waals surface area contributed by atoms with Crippen LogP contribution in [0.25, 0.3) is 0 Å². The quantitative estimate of drug-likeness (QED) is 0.710. The first-order chi connectivity index (χ1) is 15.6. The minimum absolute atomic E-state index is 0.000374. The van der Waals surface area contributed by atoms with Crippen LogP contribution in [0.2, 0.25) is 0 Å². The van der Waals surface area contributed by atoms with Crippen LogP contribution in [0.15, 0.2) is 36.4 Å². The van der Waals surface area contributed by atoms with Gasteiger partial charge in [0.25, 0.3) is 0 Å². The van der Waals surface area contributed by atoms with Crippen molar-refractivity contribution in [3.8, 4) is 23.0 Å². The lowest BCUT2D eigenvalue weighted by molar-refractivity contribution is -0.164. The summed E-state index contributed by atoms with van der Waals surface area (Å²) < 4.78 is 21.7. The number of ether oxygens (including phenoxy) is 4. The van der Waals surface area contributed by atoms with Gasteiger partial charge in [-0.3, -0.25) is 9.59 Å². The van der Waals surface area contributed by atoms with Gasteiger partial charge in [0.05, 0.1) is 12.5 Å².